The maximum absolute atomic E-state index is 11.6. The van der Waals surface area contributed by atoms with Gasteiger partial charge in [0.05, 0.1) is 18.3 Å². The maximum Gasteiger partial charge on any atom is 0.234 e. The first-order valence-electron chi connectivity index (χ1n) is 7.94. The van der Waals surface area contributed by atoms with Crippen molar-refractivity contribution in [3.05, 3.63) is 52.8 Å². The van der Waals surface area contributed by atoms with Crippen LogP contribution < -0.4 is 5.32 Å². The molecule has 2 aromatic rings. The van der Waals surface area contributed by atoms with Gasteiger partial charge in [0.25, 0.3) is 0 Å². The van der Waals surface area contributed by atoms with Crippen LogP contribution in [0.3, 0.4) is 0 Å². The van der Waals surface area contributed by atoms with E-state index in [1.165, 1.54) is 5.56 Å². The summed E-state index contributed by atoms with van der Waals surface area (Å²) in [7, 11) is 0. The van der Waals surface area contributed by atoms with Gasteiger partial charge in [0, 0.05) is 17.8 Å². The number of rotatable bonds is 7. The number of hydrogen-bond donors (Lipinski definition) is 1. The highest BCUT2D eigenvalue weighted by Gasteiger charge is 2.16. The van der Waals surface area contributed by atoms with Crippen molar-refractivity contribution in [1.82, 2.24) is 15.1 Å². The molecule has 0 atom stereocenters. The molecule has 1 amide bonds. The Morgan fingerprint density at radius 3 is 2.61 bits per heavy atom. The molecule has 0 spiro atoms. The molecule has 1 heterocycles. The zero-order valence-electron chi connectivity index (χ0n) is 13.7. The molecule has 0 saturated heterocycles. The van der Waals surface area contributed by atoms with Crippen LogP contribution in [0.15, 0.2) is 30.3 Å². The molecule has 0 aliphatic heterocycles. The third-order valence-corrected chi connectivity index (χ3v) is 3.80. The number of benzene rings is 1. The quantitative estimate of drug-likeness (QED) is 0.854. The molecule has 0 aliphatic carbocycles. The van der Waals surface area contributed by atoms with Crippen LogP contribution in [0.4, 0.5) is 0 Å². The summed E-state index contributed by atoms with van der Waals surface area (Å²) in [5, 5.41) is 16.1. The molecule has 2 rings (SSSR count). The molecule has 0 radical (unpaired) electrons. The Morgan fingerprint density at radius 2 is 2.00 bits per heavy atom. The molecule has 0 bridgehead atoms. The third kappa shape index (κ3) is 4.19. The summed E-state index contributed by atoms with van der Waals surface area (Å²) in [5.74, 6) is -0.243. The van der Waals surface area contributed by atoms with Crippen LogP contribution in [-0.2, 0) is 30.7 Å². The Labute approximate surface area is 136 Å². The van der Waals surface area contributed by atoms with Crippen molar-refractivity contribution in [2.24, 2.45) is 0 Å². The lowest BCUT2D eigenvalue weighted by Gasteiger charge is -2.09. The molecule has 5 nitrogen and oxygen atoms in total. The first-order chi connectivity index (χ1) is 11.2. The van der Waals surface area contributed by atoms with E-state index in [1.807, 2.05) is 29.0 Å². The number of nitrogens with one attached hydrogen (secondary N) is 1. The minimum absolute atomic E-state index is 0.110. The summed E-state index contributed by atoms with van der Waals surface area (Å²) < 4.78 is 2.03. The predicted octanol–water partition coefficient (Wildman–Crippen LogP) is 2.59. The van der Waals surface area contributed by atoms with Gasteiger partial charge >= 0.3 is 0 Å². The molecule has 1 aromatic heterocycles. The fourth-order valence-electron chi connectivity index (χ4n) is 2.68. The molecule has 0 saturated carbocycles. The summed E-state index contributed by atoms with van der Waals surface area (Å²) >= 11 is 0. The maximum atomic E-state index is 11.6. The van der Waals surface area contributed by atoms with Gasteiger partial charge in [-0.05, 0) is 18.4 Å². The van der Waals surface area contributed by atoms with Gasteiger partial charge in [-0.2, -0.15) is 10.4 Å². The van der Waals surface area contributed by atoms with Crippen LogP contribution in [0.2, 0.25) is 0 Å². The van der Waals surface area contributed by atoms with Crippen LogP contribution in [-0.4, -0.2) is 15.7 Å². The first-order valence-corrected chi connectivity index (χ1v) is 7.94. The summed E-state index contributed by atoms with van der Waals surface area (Å²) in [6.45, 7) is 5.32. The van der Waals surface area contributed by atoms with Gasteiger partial charge in [-0.25, -0.2) is 0 Å². The van der Waals surface area contributed by atoms with Crippen molar-refractivity contribution in [2.75, 3.05) is 0 Å². The van der Waals surface area contributed by atoms with Gasteiger partial charge < -0.3 is 5.32 Å². The predicted molar refractivity (Wildman–Crippen MR) is 88.6 cm³/mol. The van der Waals surface area contributed by atoms with Crippen LogP contribution >= 0.6 is 0 Å². The van der Waals surface area contributed by atoms with Crippen molar-refractivity contribution < 1.29 is 4.79 Å². The average Bonchev–Trinajstić information content (AvgIpc) is 2.90. The molecular formula is C18H22N4O. The summed E-state index contributed by atoms with van der Waals surface area (Å²) in [6, 6.07) is 12.1. The van der Waals surface area contributed by atoms with Crippen LogP contribution in [0, 0.1) is 11.3 Å². The van der Waals surface area contributed by atoms with Crippen molar-refractivity contribution in [1.29, 1.82) is 5.26 Å². The highest BCUT2D eigenvalue weighted by atomic mass is 16.1. The molecule has 5 heteroatoms. The lowest BCUT2D eigenvalue weighted by Crippen LogP contribution is -2.23. The molecule has 1 N–H and O–H groups in total. The summed E-state index contributed by atoms with van der Waals surface area (Å²) in [4.78, 5) is 11.6. The second-order valence-electron chi connectivity index (χ2n) is 5.33. The van der Waals surface area contributed by atoms with Crippen LogP contribution in [0.1, 0.15) is 42.8 Å². The molecule has 23 heavy (non-hydrogen) atoms. The molecule has 0 aliphatic rings. The number of hydrogen-bond acceptors (Lipinski definition) is 3. The summed E-state index contributed by atoms with van der Waals surface area (Å²) in [6.07, 6.45) is 1.56. The van der Waals surface area contributed by atoms with Gasteiger partial charge in [-0.3, -0.25) is 9.48 Å². The SMILES string of the molecule is CCc1nn(Cc2ccccc2)c(CC)c1CNC(=O)CC#N. The number of aryl methyl sites for hydroxylation is 1. The second kappa shape index (κ2) is 8.14. The van der Waals surface area contributed by atoms with Crippen molar-refractivity contribution in [2.45, 2.75) is 46.2 Å². The number of carbonyl (C=O) groups is 1. The fourth-order valence-corrected chi connectivity index (χ4v) is 2.68. The Kier molecular flexibility index (Phi) is 5.93. The van der Waals surface area contributed by atoms with Crippen molar-refractivity contribution in [3.63, 3.8) is 0 Å². The van der Waals surface area contributed by atoms with E-state index in [-0.39, 0.29) is 12.3 Å². The fraction of sp³-hybridized carbons (Fsp3) is 0.389. The zero-order valence-corrected chi connectivity index (χ0v) is 13.7. The lowest BCUT2D eigenvalue weighted by atomic mass is 10.1. The van der Waals surface area contributed by atoms with E-state index in [0.717, 1.165) is 36.3 Å². The summed E-state index contributed by atoms with van der Waals surface area (Å²) in [5.41, 5.74) is 4.43. The van der Waals surface area contributed by atoms with E-state index in [0.29, 0.717) is 6.54 Å². The molecule has 1 aromatic carbocycles. The second-order valence-corrected chi connectivity index (χ2v) is 5.33. The third-order valence-electron chi connectivity index (χ3n) is 3.80. The highest BCUT2D eigenvalue weighted by Crippen LogP contribution is 2.18. The van der Waals surface area contributed by atoms with Gasteiger partial charge in [0.2, 0.25) is 5.91 Å². The number of nitriles is 1. The van der Waals surface area contributed by atoms with Gasteiger partial charge in [-0.1, -0.05) is 44.2 Å². The number of aromatic nitrogens is 2. The van der Waals surface area contributed by atoms with Crippen molar-refractivity contribution >= 4 is 5.91 Å². The largest absolute Gasteiger partial charge is 0.351 e. The molecule has 0 unspecified atom stereocenters. The van der Waals surface area contributed by atoms with E-state index >= 15 is 0 Å². The zero-order chi connectivity index (χ0) is 16.7. The number of carbonyl (C=O) groups excluding carboxylic acids is 1. The Morgan fingerprint density at radius 1 is 1.26 bits per heavy atom. The Bertz CT molecular complexity index is 698. The topological polar surface area (TPSA) is 70.7 Å². The molecule has 120 valence electrons. The Hall–Kier alpha value is -2.61. The highest BCUT2D eigenvalue weighted by molar-refractivity contribution is 5.77. The molecular weight excluding hydrogens is 288 g/mol. The van der Waals surface area contributed by atoms with E-state index in [9.17, 15) is 4.79 Å². The van der Waals surface area contributed by atoms with Gasteiger partial charge in [-0.15, -0.1) is 0 Å². The van der Waals surface area contributed by atoms with E-state index in [1.54, 1.807) is 0 Å². The number of nitrogens with zero attached hydrogens (tertiary/aromatic N) is 3. The van der Waals surface area contributed by atoms with Gasteiger partial charge in [0.1, 0.15) is 6.42 Å². The Balaban J connectivity index is 2.24. The minimum atomic E-state index is -0.243. The average molecular weight is 310 g/mol. The smallest absolute Gasteiger partial charge is 0.234 e. The normalized spacial score (nSPS) is 10.3. The van der Waals surface area contributed by atoms with Crippen LogP contribution in [0.5, 0.6) is 0 Å². The van der Waals surface area contributed by atoms with Crippen LogP contribution in [0.25, 0.3) is 0 Å². The van der Waals surface area contributed by atoms with E-state index < -0.39 is 0 Å². The standard InChI is InChI=1S/C18H22N4O/c1-3-16-15(12-20-18(23)10-11-19)17(4-2)22(21-16)13-14-8-6-5-7-9-14/h5-9H,3-4,10,12-13H2,1-2H3,(H,20,23). The van der Waals surface area contributed by atoms with E-state index in [4.69, 9.17) is 10.4 Å². The lowest BCUT2D eigenvalue weighted by molar-refractivity contribution is -0.120. The monoisotopic (exact) mass is 310 g/mol. The minimum Gasteiger partial charge on any atom is -0.351 e. The first kappa shape index (κ1) is 16.8. The van der Waals surface area contributed by atoms with E-state index in [2.05, 4.69) is 31.3 Å². The number of amides is 1. The van der Waals surface area contributed by atoms with Crippen molar-refractivity contribution in [3.8, 4) is 6.07 Å². The van der Waals surface area contributed by atoms with Gasteiger partial charge in [0.15, 0.2) is 0 Å². The molecule has 0 fully saturated rings.